The number of nitrogens with zero attached hydrogens (tertiary/aromatic N) is 2. The smallest absolute Gasteiger partial charge is 0.107 e. The van der Waals surface area contributed by atoms with Gasteiger partial charge in [0.2, 0.25) is 0 Å². The first-order valence-corrected chi connectivity index (χ1v) is 7.68. The molecule has 0 unspecified atom stereocenters. The molecule has 1 aromatic rings. The lowest BCUT2D eigenvalue weighted by Crippen LogP contribution is -2.23. The average Bonchev–Trinajstić information content (AvgIpc) is 2.63. The van der Waals surface area contributed by atoms with Crippen LogP contribution >= 0.6 is 11.3 Å². The minimum atomic E-state index is 0.696. The molecule has 1 aromatic heterocycles. The van der Waals surface area contributed by atoms with E-state index >= 15 is 0 Å². The highest BCUT2D eigenvalue weighted by Gasteiger charge is 2.06. The molecule has 0 fully saturated rings. The van der Waals surface area contributed by atoms with Crippen molar-refractivity contribution in [1.82, 2.24) is 15.2 Å². The summed E-state index contributed by atoms with van der Waals surface area (Å²) in [6, 6.07) is 0. The Morgan fingerprint density at radius 2 is 2.00 bits per heavy atom. The second-order valence-corrected chi connectivity index (χ2v) is 6.79. The van der Waals surface area contributed by atoms with Crippen molar-refractivity contribution < 1.29 is 0 Å². The largest absolute Gasteiger partial charge is 0.310 e. The fraction of sp³-hybridized carbons (Fsp3) is 0.786. The van der Waals surface area contributed by atoms with Crippen LogP contribution in [0.2, 0.25) is 0 Å². The van der Waals surface area contributed by atoms with Crippen molar-refractivity contribution >= 4 is 11.3 Å². The van der Waals surface area contributed by atoms with E-state index in [1.54, 1.807) is 11.3 Å². The summed E-state index contributed by atoms with van der Waals surface area (Å²) in [5.41, 5.74) is 1.20. The third kappa shape index (κ3) is 6.47. The predicted molar refractivity (Wildman–Crippen MR) is 79.8 cm³/mol. The van der Waals surface area contributed by atoms with Crippen molar-refractivity contribution in [3.8, 4) is 0 Å². The van der Waals surface area contributed by atoms with E-state index in [-0.39, 0.29) is 0 Å². The van der Waals surface area contributed by atoms with Crippen LogP contribution in [-0.2, 0) is 13.1 Å². The molecule has 3 nitrogen and oxygen atoms in total. The molecule has 0 spiro atoms. The molecule has 1 N–H and O–H groups in total. The second kappa shape index (κ2) is 7.87. The first-order chi connectivity index (χ1) is 8.47. The molecule has 0 saturated heterocycles. The molecular formula is C14H27N3S. The molecule has 0 amide bonds. The summed E-state index contributed by atoms with van der Waals surface area (Å²) in [7, 11) is 2.16. The van der Waals surface area contributed by atoms with Crippen molar-refractivity contribution in [2.75, 3.05) is 20.1 Å². The first kappa shape index (κ1) is 15.6. The van der Waals surface area contributed by atoms with E-state index in [0.29, 0.717) is 11.8 Å². The molecule has 0 aliphatic carbocycles. The molecule has 18 heavy (non-hydrogen) atoms. The van der Waals surface area contributed by atoms with Crippen LogP contribution in [0.3, 0.4) is 0 Å². The number of thiazole rings is 1. The normalized spacial score (nSPS) is 12.0. The Morgan fingerprint density at radius 1 is 1.28 bits per heavy atom. The van der Waals surface area contributed by atoms with E-state index < -0.39 is 0 Å². The Bertz CT molecular complexity index is 334. The number of hydrogen-bond acceptors (Lipinski definition) is 4. The zero-order valence-corrected chi connectivity index (χ0v) is 13.2. The van der Waals surface area contributed by atoms with Crippen LogP contribution in [0.25, 0.3) is 0 Å². The molecule has 104 valence electrons. The number of hydrogen-bond donors (Lipinski definition) is 1. The monoisotopic (exact) mass is 269 g/mol. The standard InChI is InChI=1S/C14H27N3S/c1-11(2)6-15-7-14-16-13(10-18-14)9-17(5)8-12(3)4/h10-12,15H,6-9H2,1-5H3. The molecule has 0 aromatic carbocycles. The zero-order valence-electron chi connectivity index (χ0n) is 12.4. The Hall–Kier alpha value is -0.450. The molecule has 1 heterocycles. The fourth-order valence-electron chi connectivity index (χ4n) is 1.93. The van der Waals surface area contributed by atoms with Crippen LogP contribution in [0.4, 0.5) is 0 Å². The van der Waals surface area contributed by atoms with Gasteiger partial charge in [-0.15, -0.1) is 11.3 Å². The molecule has 0 aliphatic heterocycles. The maximum atomic E-state index is 4.67. The number of rotatable bonds is 8. The zero-order chi connectivity index (χ0) is 13.5. The lowest BCUT2D eigenvalue weighted by Gasteiger charge is -2.17. The summed E-state index contributed by atoms with van der Waals surface area (Å²) >= 11 is 1.76. The van der Waals surface area contributed by atoms with Gasteiger partial charge in [-0.3, -0.25) is 0 Å². The Kier molecular flexibility index (Phi) is 6.82. The third-order valence-corrected chi connectivity index (χ3v) is 3.43. The van der Waals surface area contributed by atoms with E-state index in [9.17, 15) is 0 Å². The van der Waals surface area contributed by atoms with Crippen LogP contribution in [0, 0.1) is 11.8 Å². The summed E-state index contributed by atoms with van der Waals surface area (Å²) in [5, 5.41) is 6.82. The molecule has 0 bridgehead atoms. The topological polar surface area (TPSA) is 28.2 Å². The fourth-order valence-corrected chi connectivity index (χ4v) is 2.69. The van der Waals surface area contributed by atoms with E-state index in [1.165, 1.54) is 10.7 Å². The van der Waals surface area contributed by atoms with Crippen molar-refractivity contribution in [3.63, 3.8) is 0 Å². The minimum Gasteiger partial charge on any atom is -0.310 e. The maximum Gasteiger partial charge on any atom is 0.107 e. The predicted octanol–water partition coefficient (Wildman–Crippen LogP) is 2.98. The highest BCUT2D eigenvalue weighted by molar-refractivity contribution is 7.09. The van der Waals surface area contributed by atoms with Gasteiger partial charge in [0, 0.05) is 25.0 Å². The lowest BCUT2D eigenvalue weighted by molar-refractivity contribution is 0.285. The molecule has 0 aliphatic rings. The van der Waals surface area contributed by atoms with Gasteiger partial charge in [0.25, 0.3) is 0 Å². The maximum absolute atomic E-state index is 4.67. The van der Waals surface area contributed by atoms with Crippen LogP contribution in [0.5, 0.6) is 0 Å². The van der Waals surface area contributed by atoms with Gasteiger partial charge in [-0.05, 0) is 25.4 Å². The Labute approximate surface area is 116 Å². The third-order valence-electron chi connectivity index (χ3n) is 2.54. The van der Waals surface area contributed by atoms with Crippen molar-refractivity contribution in [1.29, 1.82) is 0 Å². The second-order valence-electron chi connectivity index (χ2n) is 5.85. The molecule has 0 saturated carbocycles. The van der Waals surface area contributed by atoms with Gasteiger partial charge in [-0.1, -0.05) is 27.7 Å². The summed E-state index contributed by atoms with van der Waals surface area (Å²) in [4.78, 5) is 7.01. The molecule has 0 radical (unpaired) electrons. The van der Waals surface area contributed by atoms with Crippen LogP contribution in [-0.4, -0.2) is 30.0 Å². The SMILES string of the molecule is CC(C)CNCc1nc(CN(C)CC(C)C)cs1. The average molecular weight is 269 g/mol. The van der Waals surface area contributed by atoms with Crippen molar-refractivity contribution in [2.45, 2.75) is 40.8 Å². The van der Waals surface area contributed by atoms with Crippen LogP contribution in [0.15, 0.2) is 5.38 Å². The number of nitrogens with one attached hydrogen (secondary N) is 1. The molecular weight excluding hydrogens is 242 g/mol. The summed E-state index contributed by atoms with van der Waals surface area (Å²) in [6.45, 7) is 13.0. The van der Waals surface area contributed by atoms with E-state index in [2.05, 4.69) is 55.3 Å². The number of aromatic nitrogens is 1. The van der Waals surface area contributed by atoms with Gasteiger partial charge in [0.05, 0.1) is 5.69 Å². The van der Waals surface area contributed by atoms with Gasteiger partial charge >= 0.3 is 0 Å². The lowest BCUT2D eigenvalue weighted by atomic mass is 10.2. The van der Waals surface area contributed by atoms with Crippen molar-refractivity contribution in [3.05, 3.63) is 16.1 Å². The van der Waals surface area contributed by atoms with Gasteiger partial charge < -0.3 is 10.2 Å². The van der Waals surface area contributed by atoms with Crippen LogP contribution < -0.4 is 5.32 Å². The van der Waals surface area contributed by atoms with Crippen LogP contribution in [0.1, 0.15) is 38.4 Å². The van der Waals surface area contributed by atoms with E-state index in [4.69, 9.17) is 0 Å². The summed E-state index contributed by atoms with van der Waals surface area (Å²) in [5.74, 6) is 1.41. The van der Waals surface area contributed by atoms with Crippen molar-refractivity contribution in [2.24, 2.45) is 11.8 Å². The molecule has 0 atom stereocenters. The molecule has 1 rings (SSSR count). The van der Waals surface area contributed by atoms with E-state index in [1.807, 2.05) is 0 Å². The van der Waals surface area contributed by atoms with Gasteiger partial charge in [-0.25, -0.2) is 4.98 Å². The van der Waals surface area contributed by atoms with Gasteiger partial charge in [0.15, 0.2) is 0 Å². The highest BCUT2D eigenvalue weighted by atomic mass is 32.1. The first-order valence-electron chi connectivity index (χ1n) is 6.80. The van der Waals surface area contributed by atoms with Gasteiger partial charge in [0.1, 0.15) is 5.01 Å². The molecule has 4 heteroatoms. The highest BCUT2D eigenvalue weighted by Crippen LogP contribution is 2.12. The summed E-state index contributed by atoms with van der Waals surface area (Å²) in [6.07, 6.45) is 0. The Balaban J connectivity index is 2.33. The quantitative estimate of drug-likeness (QED) is 0.786. The summed E-state index contributed by atoms with van der Waals surface area (Å²) < 4.78 is 0. The van der Waals surface area contributed by atoms with Gasteiger partial charge in [-0.2, -0.15) is 0 Å². The van der Waals surface area contributed by atoms with E-state index in [0.717, 1.165) is 26.2 Å². The minimum absolute atomic E-state index is 0.696. The Morgan fingerprint density at radius 3 is 2.61 bits per heavy atom.